The van der Waals surface area contributed by atoms with E-state index in [2.05, 4.69) is 29.7 Å². The number of hydrogen-bond donors (Lipinski definition) is 0. The van der Waals surface area contributed by atoms with Gasteiger partial charge in [-0.2, -0.15) is 0 Å². The van der Waals surface area contributed by atoms with Crippen molar-refractivity contribution < 1.29 is 4.74 Å². The summed E-state index contributed by atoms with van der Waals surface area (Å²) in [6.07, 6.45) is 7.77. The predicted octanol–water partition coefficient (Wildman–Crippen LogP) is 2.53. The summed E-state index contributed by atoms with van der Waals surface area (Å²) < 4.78 is 5.42. The maximum absolute atomic E-state index is 5.42. The number of nitrogens with zero attached hydrogens (tertiary/aromatic N) is 2. The summed E-state index contributed by atoms with van der Waals surface area (Å²) in [4.78, 5) is 5.28. The maximum Gasteiger partial charge on any atom is 0.0594 e. The van der Waals surface area contributed by atoms with E-state index in [1.54, 1.807) is 0 Å². The van der Waals surface area contributed by atoms with Crippen molar-refractivity contribution in [2.24, 2.45) is 0 Å². The number of piperidine rings is 1. The Hall–Kier alpha value is -0.380. The first-order valence-electron chi connectivity index (χ1n) is 7.95. The molecule has 0 unspecified atom stereocenters. The van der Waals surface area contributed by atoms with Crippen LogP contribution in [0.5, 0.6) is 0 Å². The minimum Gasteiger partial charge on any atom is -0.379 e. The summed E-state index contributed by atoms with van der Waals surface area (Å²) in [6, 6.07) is 0.798. The average molecular weight is 266 g/mol. The zero-order valence-corrected chi connectivity index (χ0v) is 12.7. The third-order valence-corrected chi connectivity index (χ3v) is 4.58. The summed E-state index contributed by atoms with van der Waals surface area (Å²) in [5.74, 6) is 0. The molecule has 3 heteroatoms. The molecule has 0 bridgehead atoms. The van der Waals surface area contributed by atoms with Gasteiger partial charge in [-0.1, -0.05) is 18.1 Å². The number of hydrogen-bond acceptors (Lipinski definition) is 3. The van der Waals surface area contributed by atoms with Gasteiger partial charge in [0, 0.05) is 25.7 Å². The number of rotatable bonds is 5. The van der Waals surface area contributed by atoms with Crippen molar-refractivity contribution in [1.29, 1.82) is 0 Å². The van der Waals surface area contributed by atoms with Gasteiger partial charge < -0.3 is 4.74 Å². The van der Waals surface area contributed by atoms with Crippen molar-refractivity contribution in [1.82, 2.24) is 9.80 Å². The van der Waals surface area contributed by atoms with Crippen LogP contribution in [0, 0.1) is 0 Å². The molecule has 0 spiro atoms. The minimum absolute atomic E-state index is 0.798. The molecule has 2 aliphatic rings. The first kappa shape index (κ1) is 15.0. The molecule has 0 amide bonds. The van der Waals surface area contributed by atoms with E-state index in [0.717, 1.165) is 32.3 Å². The average Bonchev–Trinajstić information content (AvgIpc) is 2.47. The molecule has 0 aromatic carbocycles. The molecule has 110 valence electrons. The minimum atomic E-state index is 0.798. The second kappa shape index (κ2) is 8.03. The molecule has 2 saturated heterocycles. The van der Waals surface area contributed by atoms with Crippen molar-refractivity contribution in [2.75, 3.05) is 45.9 Å². The van der Waals surface area contributed by atoms with Crippen molar-refractivity contribution in [3.05, 3.63) is 11.6 Å². The molecule has 2 aliphatic heterocycles. The van der Waals surface area contributed by atoms with Crippen LogP contribution in [0.4, 0.5) is 0 Å². The SMILES string of the molecule is C/C=C(\C)CN1CCCC[C@@H]1CCN1CCOCC1. The monoisotopic (exact) mass is 266 g/mol. The molecule has 0 saturated carbocycles. The Kier molecular flexibility index (Phi) is 6.35. The van der Waals surface area contributed by atoms with Crippen LogP contribution in [0.25, 0.3) is 0 Å². The predicted molar refractivity (Wildman–Crippen MR) is 80.5 cm³/mol. The molecule has 2 fully saturated rings. The molecule has 0 aromatic rings. The highest BCUT2D eigenvalue weighted by atomic mass is 16.5. The second-order valence-electron chi connectivity index (χ2n) is 6.00. The Bertz CT molecular complexity index is 284. The summed E-state index contributed by atoms with van der Waals surface area (Å²) in [5.41, 5.74) is 1.51. The normalized spacial score (nSPS) is 27.7. The van der Waals surface area contributed by atoms with E-state index in [-0.39, 0.29) is 0 Å². The lowest BCUT2D eigenvalue weighted by Crippen LogP contribution is -2.44. The Morgan fingerprint density at radius 3 is 2.74 bits per heavy atom. The fraction of sp³-hybridized carbons (Fsp3) is 0.875. The van der Waals surface area contributed by atoms with E-state index in [9.17, 15) is 0 Å². The van der Waals surface area contributed by atoms with Crippen molar-refractivity contribution in [2.45, 2.75) is 45.6 Å². The summed E-state index contributed by atoms with van der Waals surface area (Å²) in [7, 11) is 0. The Balaban J connectivity index is 1.78. The summed E-state index contributed by atoms with van der Waals surface area (Å²) in [5, 5.41) is 0. The van der Waals surface area contributed by atoms with Crippen LogP contribution in [0.3, 0.4) is 0 Å². The third-order valence-electron chi connectivity index (χ3n) is 4.58. The lowest BCUT2D eigenvalue weighted by atomic mass is 9.98. The highest BCUT2D eigenvalue weighted by molar-refractivity contribution is 5.00. The quantitative estimate of drug-likeness (QED) is 0.711. The molecule has 2 heterocycles. The van der Waals surface area contributed by atoms with Crippen molar-refractivity contribution >= 4 is 0 Å². The zero-order valence-electron chi connectivity index (χ0n) is 12.7. The van der Waals surface area contributed by atoms with Gasteiger partial charge in [-0.05, 0) is 46.2 Å². The van der Waals surface area contributed by atoms with Gasteiger partial charge >= 0.3 is 0 Å². The number of morpholine rings is 1. The molecule has 0 radical (unpaired) electrons. The number of likely N-dealkylation sites (tertiary alicyclic amines) is 1. The molecular weight excluding hydrogens is 236 g/mol. The highest BCUT2D eigenvalue weighted by Gasteiger charge is 2.23. The van der Waals surface area contributed by atoms with E-state index in [4.69, 9.17) is 4.74 Å². The fourth-order valence-electron chi connectivity index (χ4n) is 3.16. The van der Waals surface area contributed by atoms with Gasteiger partial charge in [-0.3, -0.25) is 9.80 Å². The topological polar surface area (TPSA) is 15.7 Å². The van der Waals surface area contributed by atoms with E-state index in [1.165, 1.54) is 50.9 Å². The summed E-state index contributed by atoms with van der Waals surface area (Å²) in [6.45, 7) is 12.2. The smallest absolute Gasteiger partial charge is 0.0594 e. The van der Waals surface area contributed by atoms with Crippen molar-refractivity contribution in [3.63, 3.8) is 0 Å². The molecule has 1 atom stereocenters. The molecule has 3 nitrogen and oxygen atoms in total. The first-order valence-corrected chi connectivity index (χ1v) is 7.95. The molecule has 0 aliphatic carbocycles. The number of ether oxygens (including phenoxy) is 1. The van der Waals surface area contributed by atoms with Crippen LogP contribution < -0.4 is 0 Å². The standard InChI is InChI=1S/C16H30N2O/c1-3-15(2)14-18-8-5-4-6-16(18)7-9-17-10-12-19-13-11-17/h3,16H,4-14H2,1-2H3/b15-3+/t16-/m1/s1. The van der Waals surface area contributed by atoms with Gasteiger partial charge in [0.25, 0.3) is 0 Å². The van der Waals surface area contributed by atoms with Crippen molar-refractivity contribution in [3.8, 4) is 0 Å². The van der Waals surface area contributed by atoms with Gasteiger partial charge in [0.1, 0.15) is 0 Å². The fourth-order valence-corrected chi connectivity index (χ4v) is 3.16. The Labute approximate surface area is 118 Å². The van der Waals surface area contributed by atoms with Gasteiger partial charge in [0.05, 0.1) is 13.2 Å². The molecule has 2 rings (SSSR count). The van der Waals surface area contributed by atoms with Crippen LogP contribution in [-0.2, 0) is 4.74 Å². The van der Waals surface area contributed by atoms with Crippen LogP contribution >= 0.6 is 0 Å². The van der Waals surface area contributed by atoms with E-state index >= 15 is 0 Å². The highest BCUT2D eigenvalue weighted by Crippen LogP contribution is 2.21. The Morgan fingerprint density at radius 1 is 1.21 bits per heavy atom. The van der Waals surface area contributed by atoms with Gasteiger partial charge in [0.2, 0.25) is 0 Å². The largest absolute Gasteiger partial charge is 0.379 e. The Morgan fingerprint density at radius 2 is 2.00 bits per heavy atom. The lowest BCUT2D eigenvalue weighted by molar-refractivity contribution is 0.0313. The van der Waals surface area contributed by atoms with Crippen LogP contribution in [0.2, 0.25) is 0 Å². The molecule has 19 heavy (non-hydrogen) atoms. The van der Waals surface area contributed by atoms with E-state index in [1.807, 2.05) is 0 Å². The van der Waals surface area contributed by atoms with Gasteiger partial charge in [0.15, 0.2) is 0 Å². The molecule has 0 aromatic heterocycles. The second-order valence-corrected chi connectivity index (χ2v) is 6.00. The van der Waals surface area contributed by atoms with E-state index < -0.39 is 0 Å². The third kappa shape index (κ3) is 4.90. The maximum atomic E-state index is 5.42. The van der Waals surface area contributed by atoms with E-state index in [0.29, 0.717) is 0 Å². The zero-order chi connectivity index (χ0) is 13.5. The summed E-state index contributed by atoms with van der Waals surface area (Å²) >= 11 is 0. The van der Waals surface area contributed by atoms with Crippen LogP contribution in [-0.4, -0.2) is 61.8 Å². The lowest BCUT2D eigenvalue weighted by Gasteiger charge is -2.37. The number of allylic oxidation sites excluding steroid dienone is 1. The van der Waals surface area contributed by atoms with Gasteiger partial charge in [-0.15, -0.1) is 0 Å². The molecular formula is C16H30N2O. The first-order chi connectivity index (χ1) is 9.29. The molecule has 0 N–H and O–H groups in total. The van der Waals surface area contributed by atoms with Crippen LogP contribution in [0.1, 0.15) is 39.5 Å². The van der Waals surface area contributed by atoms with Crippen LogP contribution in [0.15, 0.2) is 11.6 Å². The van der Waals surface area contributed by atoms with Gasteiger partial charge in [-0.25, -0.2) is 0 Å².